The van der Waals surface area contributed by atoms with Crippen LogP contribution in [-0.4, -0.2) is 23.4 Å². The van der Waals surface area contributed by atoms with Crippen molar-refractivity contribution in [2.75, 3.05) is 12.4 Å². The molecule has 0 amide bonds. The van der Waals surface area contributed by atoms with Crippen molar-refractivity contribution in [2.45, 2.75) is 11.8 Å². The van der Waals surface area contributed by atoms with Crippen LogP contribution in [0.25, 0.3) is 5.57 Å². The Labute approximate surface area is 187 Å². The minimum absolute atomic E-state index is 0.260. The summed E-state index contributed by atoms with van der Waals surface area (Å²) in [7, 11) is 0. The summed E-state index contributed by atoms with van der Waals surface area (Å²) in [6, 6.07) is 20.2. The van der Waals surface area contributed by atoms with Gasteiger partial charge in [0.15, 0.2) is 6.61 Å². The number of aryl methyl sites for hydroxylation is 1. The summed E-state index contributed by atoms with van der Waals surface area (Å²) < 4.78 is 19.7. The van der Waals surface area contributed by atoms with Crippen LogP contribution < -0.4 is 4.74 Å². The SMILES string of the molecule is Cc1cc(SC/C=C(/c2ccc(F)cc2)c2ccc(Br)cc2)ccc1OCC(=O)O. The average molecular weight is 487 g/mol. The molecule has 3 rings (SSSR count). The van der Waals surface area contributed by atoms with Gasteiger partial charge in [0.2, 0.25) is 0 Å². The average Bonchev–Trinajstić information content (AvgIpc) is 2.72. The fourth-order valence-corrected chi connectivity index (χ4v) is 4.03. The van der Waals surface area contributed by atoms with Crippen LogP contribution in [-0.2, 0) is 4.79 Å². The topological polar surface area (TPSA) is 46.5 Å². The minimum Gasteiger partial charge on any atom is -0.482 e. The largest absolute Gasteiger partial charge is 0.482 e. The van der Waals surface area contributed by atoms with Gasteiger partial charge in [-0.2, -0.15) is 0 Å². The molecule has 0 radical (unpaired) electrons. The third-order valence-corrected chi connectivity index (χ3v) is 5.79. The maximum Gasteiger partial charge on any atom is 0.341 e. The smallest absolute Gasteiger partial charge is 0.341 e. The molecule has 0 unspecified atom stereocenters. The molecule has 1 N–H and O–H groups in total. The van der Waals surface area contributed by atoms with Crippen LogP contribution in [0.1, 0.15) is 16.7 Å². The van der Waals surface area contributed by atoms with Crippen molar-refractivity contribution in [3.05, 3.63) is 99.8 Å². The Balaban J connectivity index is 1.77. The van der Waals surface area contributed by atoms with Gasteiger partial charge in [-0.15, -0.1) is 11.8 Å². The van der Waals surface area contributed by atoms with Gasteiger partial charge in [0, 0.05) is 15.1 Å². The van der Waals surface area contributed by atoms with Crippen LogP contribution in [0.3, 0.4) is 0 Å². The van der Waals surface area contributed by atoms with Crippen molar-refractivity contribution in [1.29, 1.82) is 0 Å². The van der Waals surface area contributed by atoms with E-state index in [1.54, 1.807) is 30.0 Å². The molecule has 0 saturated carbocycles. The summed E-state index contributed by atoms with van der Waals surface area (Å²) in [6.07, 6.45) is 2.13. The van der Waals surface area contributed by atoms with Crippen LogP contribution in [0, 0.1) is 12.7 Å². The fraction of sp³-hybridized carbons (Fsp3) is 0.125. The highest BCUT2D eigenvalue weighted by Gasteiger charge is 2.07. The van der Waals surface area contributed by atoms with Crippen LogP contribution >= 0.6 is 27.7 Å². The molecule has 6 heteroatoms. The summed E-state index contributed by atoms with van der Waals surface area (Å²) >= 11 is 5.12. The van der Waals surface area contributed by atoms with Gasteiger partial charge in [-0.25, -0.2) is 9.18 Å². The standard InChI is InChI=1S/C24H20BrFO3S/c1-16-14-21(10-11-23(16)29-15-24(27)28)30-13-12-22(17-2-6-19(25)7-3-17)18-4-8-20(26)9-5-18/h2-12,14H,13,15H2,1H3,(H,27,28)/b22-12+. The monoisotopic (exact) mass is 486 g/mol. The molecule has 0 spiro atoms. The highest BCUT2D eigenvalue weighted by atomic mass is 79.9. The highest BCUT2D eigenvalue weighted by molar-refractivity contribution is 9.10. The van der Waals surface area contributed by atoms with Gasteiger partial charge in [-0.1, -0.05) is 46.3 Å². The van der Waals surface area contributed by atoms with E-state index in [4.69, 9.17) is 9.84 Å². The van der Waals surface area contributed by atoms with Gasteiger partial charge in [-0.05, 0) is 71.7 Å². The number of benzene rings is 3. The number of hydrogen-bond donors (Lipinski definition) is 1. The molecule has 0 aromatic heterocycles. The zero-order valence-corrected chi connectivity index (χ0v) is 18.7. The summed E-state index contributed by atoms with van der Waals surface area (Å²) in [5, 5.41) is 8.75. The van der Waals surface area contributed by atoms with Gasteiger partial charge < -0.3 is 9.84 Å². The summed E-state index contributed by atoms with van der Waals surface area (Å²) in [5.41, 5.74) is 3.93. The fourth-order valence-electron chi connectivity index (χ4n) is 2.90. The van der Waals surface area contributed by atoms with Crippen LogP contribution in [0.4, 0.5) is 4.39 Å². The van der Waals surface area contributed by atoms with Gasteiger partial charge in [-0.3, -0.25) is 0 Å². The molecule has 30 heavy (non-hydrogen) atoms. The first-order chi connectivity index (χ1) is 14.4. The number of thioether (sulfide) groups is 1. The molecule has 3 nitrogen and oxygen atoms in total. The van der Waals surface area contributed by atoms with Crippen LogP contribution in [0.5, 0.6) is 5.75 Å². The van der Waals surface area contributed by atoms with Gasteiger partial charge in [0.1, 0.15) is 11.6 Å². The number of aliphatic carboxylic acids is 1. The van der Waals surface area contributed by atoms with Crippen molar-refractivity contribution in [2.24, 2.45) is 0 Å². The van der Waals surface area contributed by atoms with E-state index in [9.17, 15) is 9.18 Å². The highest BCUT2D eigenvalue weighted by Crippen LogP contribution is 2.29. The predicted molar refractivity (Wildman–Crippen MR) is 123 cm³/mol. The first-order valence-electron chi connectivity index (χ1n) is 9.22. The lowest BCUT2D eigenvalue weighted by atomic mass is 9.98. The summed E-state index contributed by atoms with van der Waals surface area (Å²) in [5.74, 6) is 0.0275. The third kappa shape index (κ3) is 6.21. The number of carbonyl (C=O) groups is 1. The third-order valence-electron chi connectivity index (χ3n) is 4.35. The van der Waals surface area contributed by atoms with Crippen molar-refractivity contribution >= 4 is 39.2 Å². The Hall–Kier alpha value is -2.57. The van der Waals surface area contributed by atoms with E-state index in [0.29, 0.717) is 5.75 Å². The maximum absolute atomic E-state index is 13.4. The lowest BCUT2D eigenvalue weighted by Gasteiger charge is -2.11. The maximum atomic E-state index is 13.4. The Morgan fingerprint density at radius 2 is 1.70 bits per heavy atom. The number of carboxylic acid groups (broad SMARTS) is 1. The second-order valence-corrected chi connectivity index (χ2v) is 8.56. The molecule has 3 aromatic carbocycles. The van der Waals surface area contributed by atoms with Gasteiger partial charge in [0.05, 0.1) is 0 Å². The Kier molecular flexibility index (Phi) is 7.71. The first kappa shape index (κ1) is 22.1. The lowest BCUT2D eigenvalue weighted by Crippen LogP contribution is -2.09. The van der Waals surface area contributed by atoms with E-state index < -0.39 is 5.97 Å². The zero-order valence-electron chi connectivity index (χ0n) is 16.3. The molecule has 0 aliphatic rings. The number of halogens is 2. The van der Waals surface area contributed by atoms with Crippen molar-refractivity contribution in [1.82, 2.24) is 0 Å². The van der Waals surface area contributed by atoms with E-state index in [1.165, 1.54) is 12.1 Å². The van der Waals surface area contributed by atoms with Crippen LogP contribution in [0.2, 0.25) is 0 Å². The molecule has 0 atom stereocenters. The molecular weight excluding hydrogens is 467 g/mol. The second kappa shape index (κ2) is 10.5. The van der Waals surface area contributed by atoms with Crippen molar-refractivity contribution in [3.63, 3.8) is 0 Å². The minimum atomic E-state index is -1.00. The molecule has 0 fully saturated rings. The Morgan fingerprint density at radius 3 is 2.30 bits per heavy atom. The van der Waals surface area contributed by atoms with Crippen LogP contribution in [0.15, 0.2) is 82.2 Å². The Bertz CT molecular complexity index is 1000. The predicted octanol–water partition coefficient (Wildman–Crippen LogP) is 6.58. The number of carboxylic acids is 1. The molecule has 0 aliphatic heterocycles. The molecular formula is C24H20BrFO3S. The van der Waals surface area contributed by atoms with E-state index in [-0.39, 0.29) is 12.4 Å². The van der Waals surface area contributed by atoms with Crippen molar-refractivity contribution in [3.8, 4) is 5.75 Å². The molecule has 154 valence electrons. The number of rotatable bonds is 8. The summed E-state index contributed by atoms with van der Waals surface area (Å²) in [6.45, 7) is 1.53. The normalized spacial score (nSPS) is 11.4. The van der Waals surface area contributed by atoms with Gasteiger partial charge >= 0.3 is 5.97 Å². The zero-order chi connectivity index (χ0) is 21.5. The Morgan fingerprint density at radius 1 is 1.07 bits per heavy atom. The lowest BCUT2D eigenvalue weighted by molar-refractivity contribution is -0.139. The molecule has 3 aromatic rings. The van der Waals surface area contributed by atoms with E-state index in [2.05, 4.69) is 22.0 Å². The number of hydrogen-bond acceptors (Lipinski definition) is 3. The quantitative estimate of drug-likeness (QED) is 0.365. The second-order valence-electron chi connectivity index (χ2n) is 6.55. The van der Waals surface area contributed by atoms with E-state index in [0.717, 1.165) is 37.4 Å². The van der Waals surface area contributed by atoms with Crippen molar-refractivity contribution < 1.29 is 19.0 Å². The first-order valence-corrected chi connectivity index (χ1v) is 11.0. The molecule has 0 heterocycles. The molecule has 0 aliphatic carbocycles. The van der Waals surface area contributed by atoms with Gasteiger partial charge in [0.25, 0.3) is 0 Å². The summed E-state index contributed by atoms with van der Waals surface area (Å²) in [4.78, 5) is 11.7. The molecule has 0 saturated heterocycles. The molecule has 0 bridgehead atoms. The number of ether oxygens (including phenoxy) is 1. The van der Waals surface area contributed by atoms with E-state index in [1.807, 2.05) is 43.3 Å². The van der Waals surface area contributed by atoms with E-state index >= 15 is 0 Å².